The van der Waals surface area contributed by atoms with Crippen LogP contribution >= 0.6 is 0 Å². The molecule has 7 heteroatoms. The fourth-order valence-corrected chi connectivity index (χ4v) is 3.49. The molecule has 2 heterocycles. The second-order valence-corrected chi connectivity index (χ2v) is 6.68. The van der Waals surface area contributed by atoms with Gasteiger partial charge in [-0.25, -0.2) is 14.4 Å². The van der Waals surface area contributed by atoms with Gasteiger partial charge in [0.1, 0.15) is 11.3 Å². The van der Waals surface area contributed by atoms with Crippen molar-refractivity contribution in [3.05, 3.63) is 36.3 Å². The maximum Gasteiger partial charge on any atom is 0.224 e. The Bertz CT molecular complexity index is 900. The Morgan fingerprint density at radius 3 is 2.77 bits per heavy atom. The molecule has 1 saturated carbocycles. The maximum atomic E-state index is 14.1. The Labute approximate surface area is 151 Å². The molecule has 0 spiro atoms. The van der Waals surface area contributed by atoms with Crippen LogP contribution in [0.3, 0.4) is 0 Å². The number of halogens is 1. The zero-order valence-corrected chi connectivity index (χ0v) is 14.9. The van der Waals surface area contributed by atoms with Crippen LogP contribution in [0.2, 0.25) is 0 Å². The van der Waals surface area contributed by atoms with Crippen molar-refractivity contribution in [2.45, 2.75) is 45.1 Å². The summed E-state index contributed by atoms with van der Waals surface area (Å²) >= 11 is 0. The summed E-state index contributed by atoms with van der Waals surface area (Å²) in [6.07, 6.45) is 7.28. The largest absolute Gasteiger partial charge is 0.354 e. The van der Waals surface area contributed by atoms with Gasteiger partial charge in [0, 0.05) is 12.6 Å². The summed E-state index contributed by atoms with van der Waals surface area (Å²) < 4.78 is 16.2. The van der Waals surface area contributed by atoms with Gasteiger partial charge in [-0.05, 0) is 31.4 Å². The summed E-state index contributed by atoms with van der Waals surface area (Å²) in [6.45, 7) is 2.92. The number of fused-ring (bicyclic) bond motifs is 1. The van der Waals surface area contributed by atoms with E-state index in [1.807, 2.05) is 0 Å². The lowest BCUT2D eigenvalue weighted by molar-refractivity contribution is 0.535. The summed E-state index contributed by atoms with van der Waals surface area (Å²) in [6, 6.07) is 6.96. The summed E-state index contributed by atoms with van der Waals surface area (Å²) in [4.78, 5) is 13.7. The predicted octanol–water partition coefficient (Wildman–Crippen LogP) is 4.65. The lowest BCUT2D eigenvalue weighted by Crippen LogP contribution is -2.11. The second-order valence-electron chi connectivity index (χ2n) is 6.68. The minimum absolute atomic E-state index is 0.297. The number of anilines is 3. The molecule has 1 aromatic carbocycles. The number of nitrogens with zero attached hydrogens (tertiary/aromatic N) is 4. The van der Waals surface area contributed by atoms with E-state index in [4.69, 9.17) is 0 Å². The lowest BCUT2D eigenvalue weighted by Gasteiger charge is -2.17. The van der Waals surface area contributed by atoms with E-state index < -0.39 is 0 Å². The molecule has 6 nitrogen and oxygen atoms in total. The van der Waals surface area contributed by atoms with Gasteiger partial charge in [-0.2, -0.15) is 4.98 Å². The summed E-state index contributed by atoms with van der Waals surface area (Å²) in [5.74, 6) is 0.934. The van der Waals surface area contributed by atoms with Crippen LogP contribution in [0.4, 0.5) is 22.0 Å². The molecular formula is C19H23FN6. The zero-order chi connectivity index (χ0) is 17.9. The summed E-state index contributed by atoms with van der Waals surface area (Å²) in [5.41, 5.74) is 1.93. The molecule has 1 fully saturated rings. The third kappa shape index (κ3) is 3.21. The van der Waals surface area contributed by atoms with Crippen LogP contribution < -0.4 is 10.6 Å². The first-order chi connectivity index (χ1) is 12.8. The molecule has 136 valence electrons. The van der Waals surface area contributed by atoms with Crippen LogP contribution in [0.5, 0.6) is 0 Å². The highest BCUT2D eigenvalue weighted by Gasteiger charge is 2.24. The van der Waals surface area contributed by atoms with E-state index in [1.165, 1.54) is 18.9 Å². The first-order valence-corrected chi connectivity index (χ1v) is 9.26. The molecule has 0 unspecified atom stereocenters. The SMILES string of the molecule is CCCNc1ncc2nc(Nc3ccccc3F)n(C3CCCC3)c2n1. The van der Waals surface area contributed by atoms with Gasteiger partial charge in [0.2, 0.25) is 11.9 Å². The molecule has 2 aromatic heterocycles. The first-order valence-electron chi connectivity index (χ1n) is 9.26. The number of nitrogens with one attached hydrogen (secondary N) is 2. The molecule has 0 saturated heterocycles. The number of imidazole rings is 1. The number of para-hydroxylation sites is 1. The number of benzene rings is 1. The van der Waals surface area contributed by atoms with Gasteiger partial charge >= 0.3 is 0 Å². The van der Waals surface area contributed by atoms with Crippen LogP contribution in [0, 0.1) is 5.82 Å². The highest BCUT2D eigenvalue weighted by molar-refractivity contribution is 5.76. The third-order valence-corrected chi connectivity index (χ3v) is 4.78. The first kappa shape index (κ1) is 16.8. The van der Waals surface area contributed by atoms with Gasteiger partial charge < -0.3 is 10.6 Å². The molecule has 1 aliphatic rings. The molecule has 0 radical (unpaired) electrons. The molecule has 2 N–H and O–H groups in total. The highest BCUT2D eigenvalue weighted by atomic mass is 19.1. The third-order valence-electron chi connectivity index (χ3n) is 4.78. The van der Waals surface area contributed by atoms with Crippen molar-refractivity contribution in [1.29, 1.82) is 0 Å². The van der Waals surface area contributed by atoms with E-state index in [9.17, 15) is 4.39 Å². The minimum Gasteiger partial charge on any atom is -0.354 e. The van der Waals surface area contributed by atoms with E-state index >= 15 is 0 Å². The Balaban J connectivity index is 1.78. The number of hydrogen-bond acceptors (Lipinski definition) is 5. The molecule has 26 heavy (non-hydrogen) atoms. The number of rotatable bonds is 6. The van der Waals surface area contributed by atoms with Crippen molar-refractivity contribution in [2.75, 3.05) is 17.2 Å². The monoisotopic (exact) mass is 354 g/mol. The Hall–Kier alpha value is -2.70. The highest BCUT2D eigenvalue weighted by Crippen LogP contribution is 2.36. The van der Waals surface area contributed by atoms with Gasteiger partial charge in [0.25, 0.3) is 0 Å². The molecule has 0 aliphatic heterocycles. The smallest absolute Gasteiger partial charge is 0.224 e. The van der Waals surface area contributed by atoms with E-state index in [-0.39, 0.29) is 5.82 Å². The normalized spacial score (nSPS) is 14.8. The van der Waals surface area contributed by atoms with Crippen molar-refractivity contribution in [3.8, 4) is 0 Å². The lowest BCUT2D eigenvalue weighted by atomic mass is 10.2. The van der Waals surface area contributed by atoms with Crippen LogP contribution in [0.15, 0.2) is 30.5 Å². The van der Waals surface area contributed by atoms with Gasteiger partial charge in [0.05, 0.1) is 11.9 Å². The zero-order valence-electron chi connectivity index (χ0n) is 14.9. The molecule has 0 atom stereocenters. The van der Waals surface area contributed by atoms with Crippen molar-refractivity contribution in [3.63, 3.8) is 0 Å². The molecule has 1 aliphatic carbocycles. The standard InChI is InChI=1S/C19H23FN6/c1-2-11-21-18-22-12-16-17(25-18)26(13-7-3-4-8-13)19(24-16)23-15-10-6-5-9-14(15)20/h5-6,9-10,12-13H,2-4,7-8,11H2,1H3,(H,23,24)(H,21,22,25). The topological polar surface area (TPSA) is 67.7 Å². The van der Waals surface area contributed by atoms with Gasteiger partial charge in [-0.1, -0.05) is 31.9 Å². The molecule has 4 rings (SSSR count). The average molecular weight is 354 g/mol. The van der Waals surface area contributed by atoms with Crippen LogP contribution in [0.1, 0.15) is 45.1 Å². The minimum atomic E-state index is -0.297. The van der Waals surface area contributed by atoms with E-state index in [0.717, 1.165) is 37.0 Å². The quantitative estimate of drug-likeness (QED) is 0.675. The molecule has 0 bridgehead atoms. The molecule has 0 amide bonds. The Morgan fingerprint density at radius 1 is 1.19 bits per heavy atom. The van der Waals surface area contributed by atoms with Gasteiger partial charge in [-0.3, -0.25) is 4.57 Å². The second kappa shape index (κ2) is 7.27. The molecule has 3 aromatic rings. The Kier molecular flexibility index (Phi) is 4.69. The van der Waals surface area contributed by atoms with E-state index in [2.05, 4.69) is 37.1 Å². The predicted molar refractivity (Wildman–Crippen MR) is 101 cm³/mol. The van der Waals surface area contributed by atoms with E-state index in [0.29, 0.717) is 23.6 Å². The number of aromatic nitrogens is 4. The van der Waals surface area contributed by atoms with E-state index in [1.54, 1.807) is 24.4 Å². The van der Waals surface area contributed by atoms with Crippen molar-refractivity contribution in [2.24, 2.45) is 0 Å². The van der Waals surface area contributed by atoms with Crippen LogP contribution in [0.25, 0.3) is 11.2 Å². The van der Waals surface area contributed by atoms with Gasteiger partial charge in [0.15, 0.2) is 5.65 Å². The van der Waals surface area contributed by atoms with Gasteiger partial charge in [-0.15, -0.1) is 0 Å². The Morgan fingerprint density at radius 2 is 2.00 bits per heavy atom. The molecular weight excluding hydrogens is 331 g/mol. The number of hydrogen-bond donors (Lipinski definition) is 2. The van der Waals surface area contributed by atoms with Crippen molar-refractivity contribution in [1.82, 2.24) is 19.5 Å². The fourth-order valence-electron chi connectivity index (χ4n) is 3.49. The van der Waals surface area contributed by atoms with Crippen LogP contribution in [-0.2, 0) is 0 Å². The summed E-state index contributed by atoms with van der Waals surface area (Å²) in [7, 11) is 0. The maximum absolute atomic E-state index is 14.1. The summed E-state index contributed by atoms with van der Waals surface area (Å²) in [5, 5.41) is 6.39. The van der Waals surface area contributed by atoms with Crippen molar-refractivity contribution < 1.29 is 4.39 Å². The fraction of sp³-hybridized carbons (Fsp3) is 0.421. The average Bonchev–Trinajstić information content (AvgIpc) is 3.28. The van der Waals surface area contributed by atoms with Crippen LogP contribution in [-0.4, -0.2) is 26.1 Å². The van der Waals surface area contributed by atoms with Crippen molar-refractivity contribution >= 4 is 28.7 Å².